The summed E-state index contributed by atoms with van der Waals surface area (Å²) in [5.41, 5.74) is 1.00. The molecule has 7 nitrogen and oxygen atoms in total. The Morgan fingerprint density at radius 2 is 2.04 bits per heavy atom. The standard InChI is InChI=1S/C17H23FN6O/c1-22-10-14(7-21-22)11-23-5-6-25-17(12-23)3-2-4-24(13-17)16-19-8-15(18)9-20-16/h7-10H,2-6,11-13H2,1H3/t17-/m0/s1. The number of morpholine rings is 1. The van der Waals surface area contributed by atoms with Crippen LogP contribution in [-0.2, 0) is 18.3 Å². The molecule has 0 unspecified atom stereocenters. The van der Waals surface area contributed by atoms with Crippen LogP contribution in [0.4, 0.5) is 10.3 Å². The second-order valence-corrected chi connectivity index (χ2v) is 6.99. The Morgan fingerprint density at radius 3 is 2.80 bits per heavy atom. The number of aromatic nitrogens is 4. The minimum absolute atomic E-state index is 0.212. The van der Waals surface area contributed by atoms with Crippen molar-refractivity contribution in [1.29, 1.82) is 0 Å². The fourth-order valence-electron chi connectivity index (χ4n) is 3.85. The molecule has 0 N–H and O–H groups in total. The Balaban J connectivity index is 1.45. The number of aryl methyl sites for hydroxylation is 1. The molecule has 25 heavy (non-hydrogen) atoms. The highest BCUT2D eigenvalue weighted by Crippen LogP contribution is 2.31. The molecule has 134 valence electrons. The van der Waals surface area contributed by atoms with Gasteiger partial charge in [-0.15, -0.1) is 0 Å². The van der Waals surface area contributed by atoms with E-state index in [-0.39, 0.29) is 5.60 Å². The molecule has 1 atom stereocenters. The zero-order chi connectivity index (χ0) is 17.3. The second-order valence-electron chi connectivity index (χ2n) is 6.99. The van der Waals surface area contributed by atoms with Crippen molar-refractivity contribution in [1.82, 2.24) is 24.6 Å². The van der Waals surface area contributed by atoms with Gasteiger partial charge < -0.3 is 9.64 Å². The Bertz CT molecular complexity index is 716. The van der Waals surface area contributed by atoms with Crippen molar-refractivity contribution in [2.24, 2.45) is 7.05 Å². The number of hydrogen-bond donors (Lipinski definition) is 0. The molecule has 0 saturated carbocycles. The van der Waals surface area contributed by atoms with E-state index in [4.69, 9.17) is 4.74 Å². The second kappa shape index (κ2) is 6.68. The Kier molecular flexibility index (Phi) is 4.39. The summed E-state index contributed by atoms with van der Waals surface area (Å²) in [6.45, 7) is 5.01. The van der Waals surface area contributed by atoms with E-state index in [1.165, 1.54) is 18.0 Å². The normalized spacial score (nSPS) is 24.8. The average molecular weight is 346 g/mol. The van der Waals surface area contributed by atoms with Crippen molar-refractivity contribution < 1.29 is 9.13 Å². The molecule has 4 rings (SSSR count). The lowest BCUT2D eigenvalue weighted by molar-refractivity contribution is -0.116. The first kappa shape index (κ1) is 16.4. The van der Waals surface area contributed by atoms with Crippen LogP contribution in [0.3, 0.4) is 0 Å². The maximum Gasteiger partial charge on any atom is 0.225 e. The van der Waals surface area contributed by atoms with E-state index in [1.54, 1.807) is 0 Å². The molecule has 1 spiro atoms. The number of rotatable bonds is 3. The van der Waals surface area contributed by atoms with E-state index < -0.39 is 5.82 Å². The smallest absolute Gasteiger partial charge is 0.225 e. The van der Waals surface area contributed by atoms with Gasteiger partial charge in [0.15, 0.2) is 5.82 Å². The number of piperidine rings is 1. The van der Waals surface area contributed by atoms with Gasteiger partial charge in [0.1, 0.15) is 0 Å². The molecule has 2 aromatic heterocycles. The first-order valence-corrected chi connectivity index (χ1v) is 8.68. The largest absolute Gasteiger partial charge is 0.370 e. The van der Waals surface area contributed by atoms with Crippen LogP contribution < -0.4 is 4.90 Å². The summed E-state index contributed by atoms with van der Waals surface area (Å²) in [5, 5.41) is 4.25. The van der Waals surface area contributed by atoms with Crippen molar-refractivity contribution in [2.75, 3.05) is 37.7 Å². The summed E-state index contributed by atoms with van der Waals surface area (Å²) in [4.78, 5) is 12.8. The van der Waals surface area contributed by atoms with E-state index in [2.05, 4.69) is 31.1 Å². The molecule has 0 radical (unpaired) electrons. The van der Waals surface area contributed by atoms with Crippen LogP contribution in [-0.4, -0.2) is 63.0 Å². The minimum Gasteiger partial charge on any atom is -0.370 e. The Morgan fingerprint density at radius 1 is 1.20 bits per heavy atom. The van der Waals surface area contributed by atoms with Crippen molar-refractivity contribution in [3.63, 3.8) is 0 Å². The van der Waals surface area contributed by atoms with Crippen LogP contribution in [0.2, 0.25) is 0 Å². The quantitative estimate of drug-likeness (QED) is 0.833. The Labute approximate surface area is 146 Å². The third-order valence-corrected chi connectivity index (χ3v) is 4.92. The number of anilines is 1. The molecule has 0 aromatic carbocycles. The lowest BCUT2D eigenvalue weighted by atomic mass is 9.90. The van der Waals surface area contributed by atoms with Crippen LogP contribution in [0.25, 0.3) is 0 Å². The molecule has 2 saturated heterocycles. The van der Waals surface area contributed by atoms with E-state index in [0.29, 0.717) is 5.95 Å². The SMILES string of the molecule is Cn1cc(CN2CCO[C@@]3(CCCN(c4ncc(F)cn4)C3)C2)cn1. The third kappa shape index (κ3) is 3.64. The summed E-state index contributed by atoms with van der Waals surface area (Å²) in [7, 11) is 1.94. The van der Waals surface area contributed by atoms with E-state index in [0.717, 1.165) is 52.2 Å². The van der Waals surface area contributed by atoms with E-state index >= 15 is 0 Å². The molecule has 2 fully saturated rings. The molecular weight excluding hydrogens is 323 g/mol. The first-order valence-electron chi connectivity index (χ1n) is 8.68. The third-order valence-electron chi connectivity index (χ3n) is 4.92. The number of nitrogens with zero attached hydrogens (tertiary/aromatic N) is 6. The van der Waals surface area contributed by atoms with Gasteiger partial charge in [-0.3, -0.25) is 9.58 Å². The monoisotopic (exact) mass is 346 g/mol. The molecule has 8 heteroatoms. The van der Waals surface area contributed by atoms with Crippen LogP contribution in [0.5, 0.6) is 0 Å². The predicted octanol–water partition coefficient (Wildman–Crippen LogP) is 1.22. The molecule has 0 bridgehead atoms. The number of ether oxygens (including phenoxy) is 1. The van der Waals surface area contributed by atoms with Crippen LogP contribution >= 0.6 is 0 Å². The van der Waals surface area contributed by atoms with Gasteiger partial charge in [0.25, 0.3) is 0 Å². The van der Waals surface area contributed by atoms with Crippen molar-refractivity contribution in [3.8, 4) is 0 Å². The van der Waals surface area contributed by atoms with Gasteiger partial charge in [0.2, 0.25) is 5.95 Å². The van der Waals surface area contributed by atoms with Crippen LogP contribution in [0, 0.1) is 5.82 Å². The molecule has 4 heterocycles. The summed E-state index contributed by atoms with van der Waals surface area (Å²) < 4.78 is 21.1. The molecule has 2 aliphatic heterocycles. The topological polar surface area (TPSA) is 59.3 Å². The highest BCUT2D eigenvalue weighted by Gasteiger charge is 2.41. The van der Waals surface area contributed by atoms with Crippen LogP contribution in [0.1, 0.15) is 18.4 Å². The van der Waals surface area contributed by atoms with Gasteiger partial charge in [0, 0.05) is 45.0 Å². The summed E-state index contributed by atoms with van der Waals surface area (Å²) in [5.74, 6) is 0.167. The maximum atomic E-state index is 13.1. The number of hydrogen-bond acceptors (Lipinski definition) is 6. The van der Waals surface area contributed by atoms with Gasteiger partial charge in [-0.1, -0.05) is 0 Å². The first-order chi connectivity index (χ1) is 12.1. The lowest BCUT2D eigenvalue weighted by Crippen LogP contribution is -2.59. The zero-order valence-electron chi connectivity index (χ0n) is 14.4. The van der Waals surface area contributed by atoms with Crippen molar-refractivity contribution in [2.45, 2.75) is 25.0 Å². The maximum absolute atomic E-state index is 13.1. The Hall–Kier alpha value is -2.06. The van der Waals surface area contributed by atoms with Gasteiger partial charge in [-0.2, -0.15) is 5.10 Å². The van der Waals surface area contributed by atoms with Crippen molar-refractivity contribution in [3.05, 3.63) is 36.2 Å². The zero-order valence-corrected chi connectivity index (χ0v) is 14.4. The summed E-state index contributed by atoms with van der Waals surface area (Å²) in [6.07, 6.45) is 8.46. The summed E-state index contributed by atoms with van der Waals surface area (Å²) >= 11 is 0. The predicted molar refractivity (Wildman–Crippen MR) is 90.6 cm³/mol. The highest BCUT2D eigenvalue weighted by molar-refractivity contribution is 5.31. The number of halogens is 1. The van der Waals surface area contributed by atoms with Crippen LogP contribution in [0.15, 0.2) is 24.8 Å². The van der Waals surface area contributed by atoms with E-state index in [9.17, 15) is 4.39 Å². The van der Waals surface area contributed by atoms with Gasteiger partial charge in [-0.05, 0) is 12.8 Å². The van der Waals surface area contributed by atoms with Gasteiger partial charge in [0.05, 0.1) is 37.3 Å². The fraction of sp³-hybridized carbons (Fsp3) is 0.588. The lowest BCUT2D eigenvalue weighted by Gasteiger charge is -2.48. The highest BCUT2D eigenvalue weighted by atomic mass is 19.1. The summed E-state index contributed by atoms with van der Waals surface area (Å²) in [6, 6.07) is 0. The van der Waals surface area contributed by atoms with Crippen molar-refractivity contribution >= 4 is 5.95 Å². The van der Waals surface area contributed by atoms with E-state index in [1.807, 2.05) is 17.9 Å². The molecule has 0 amide bonds. The molecular formula is C17H23FN6O. The minimum atomic E-state index is -0.410. The van der Waals surface area contributed by atoms with Gasteiger partial charge >= 0.3 is 0 Å². The average Bonchev–Trinajstić information content (AvgIpc) is 3.00. The molecule has 0 aliphatic carbocycles. The molecule has 2 aromatic rings. The fourth-order valence-corrected chi connectivity index (χ4v) is 3.85. The molecule has 2 aliphatic rings. The van der Waals surface area contributed by atoms with Gasteiger partial charge in [-0.25, -0.2) is 14.4 Å².